The van der Waals surface area contributed by atoms with Crippen LogP contribution in [0.3, 0.4) is 0 Å². The molecule has 2 atom stereocenters. The van der Waals surface area contributed by atoms with Crippen molar-refractivity contribution in [2.75, 3.05) is 19.8 Å². The molecule has 0 saturated carbocycles. The van der Waals surface area contributed by atoms with Gasteiger partial charge in [0.05, 0.1) is 25.9 Å². The number of aliphatic hydroxyl groups is 5. The minimum atomic E-state index is -0.986. The zero-order chi connectivity index (χ0) is 19.6. The van der Waals surface area contributed by atoms with E-state index in [1.54, 1.807) is 0 Å². The molecule has 0 amide bonds. The molecule has 0 aromatic heterocycles. The molecule has 0 aromatic carbocycles. The molecule has 9 heteroatoms. The summed E-state index contributed by atoms with van der Waals surface area (Å²) in [6, 6.07) is 0. The monoisotopic (exact) mass is 340 g/mol. The number of aliphatic carboxylic acids is 2. The first-order valence-corrected chi connectivity index (χ1v) is 6.35. The third-order valence-corrected chi connectivity index (χ3v) is 1.57. The number of hydrogen-bond acceptors (Lipinski definition) is 7. The number of hydrogen-bond donors (Lipinski definition) is 7. The number of carboxylic acid groups (broad SMARTS) is 2. The lowest BCUT2D eigenvalue weighted by atomic mass is 10.2. The molecule has 0 aliphatic rings. The van der Waals surface area contributed by atoms with E-state index in [-0.39, 0.29) is 31.0 Å². The molecule has 0 fully saturated rings. The lowest BCUT2D eigenvalue weighted by Gasteiger charge is -2.07. The fourth-order valence-corrected chi connectivity index (χ4v) is 0.153. The largest absolute Gasteiger partial charge is 0.478 e. The maximum atomic E-state index is 9.60. The van der Waals surface area contributed by atoms with Gasteiger partial charge < -0.3 is 35.7 Å². The van der Waals surface area contributed by atoms with E-state index in [1.165, 1.54) is 20.8 Å². The van der Waals surface area contributed by atoms with Gasteiger partial charge in [-0.25, -0.2) is 9.59 Å². The maximum absolute atomic E-state index is 9.60. The molecule has 7 N–H and O–H groups in total. The Labute approximate surface area is 135 Å². The summed E-state index contributed by atoms with van der Waals surface area (Å²) in [6.45, 7) is 9.99. The summed E-state index contributed by atoms with van der Waals surface area (Å²) in [5, 5.41) is 56.0. The topological polar surface area (TPSA) is 176 Å². The number of aliphatic hydroxyl groups excluding tert-OH is 5. The van der Waals surface area contributed by atoms with Gasteiger partial charge in [0.1, 0.15) is 6.10 Å². The van der Waals surface area contributed by atoms with Crippen LogP contribution >= 0.6 is 0 Å². The van der Waals surface area contributed by atoms with Crippen LogP contribution in [0.2, 0.25) is 0 Å². The number of rotatable bonds is 5. The van der Waals surface area contributed by atoms with E-state index in [2.05, 4.69) is 13.2 Å². The first-order valence-electron chi connectivity index (χ1n) is 6.35. The summed E-state index contributed by atoms with van der Waals surface area (Å²) < 4.78 is 0. The molecule has 9 nitrogen and oxygen atoms in total. The van der Waals surface area contributed by atoms with Crippen molar-refractivity contribution < 1.29 is 45.3 Å². The molecule has 0 rings (SSSR count). The van der Waals surface area contributed by atoms with Crippen LogP contribution in [0.4, 0.5) is 0 Å². The summed E-state index contributed by atoms with van der Waals surface area (Å²) in [7, 11) is 0. The van der Waals surface area contributed by atoms with Gasteiger partial charge in [-0.2, -0.15) is 0 Å². The average molecular weight is 340 g/mol. The van der Waals surface area contributed by atoms with Crippen molar-refractivity contribution in [3.63, 3.8) is 0 Å². The van der Waals surface area contributed by atoms with Crippen molar-refractivity contribution in [3.8, 4) is 0 Å². The van der Waals surface area contributed by atoms with Crippen LogP contribution in [0.25, 0.3) is 0 Å². The summed E-state index contributed by atoms with van der Waals surface area (Å²) in [4.78, 5) is 19.2. The summed E-state index contributed by atoms with van der Waals surface area (Å²) in [5.41, 5.74) is 0.352. The minimum Gasteiger partial charge on any atom is -0.478 e. The van der Waals surface area contributed by atoms with E-state index in [9.17, 15) is 9.59 Å². The lowest BCUT2D eigenvalue weighted by molar-refractivity contribution is -0.133. The zero-order valence-corrected chi connectivity index (χ0v) is 13.6. The number of carboxylic acids is 2. The van der Waals surface area contributed by atoms with Crippen molar-refractivity contribution >= 4 is 11.9 Å². The molecule has 23 heavy (non-hydrogen) atoms. The van der Waals surface area contributed by atoms with Crippen LogP contribution in [0.5, 0.6) is 0 Å². The Morgan fingerprint density at radius 3 is 1.09 bits per heavy atom. The Hall–Kier alpha value is -1.78. The van der Waals surface area contributed by atoms with Crippen molar-refractivity contribution in [2.45, 2.75) is 33.0 Å². The summed E-state index contributed by atoms with van der Waals surface area (Å²) in [6.07, 6.45) is -1.81. The van der Waals surface area contributed by atoms with Crippen molar-refractivity contribution in [1.82, 2.24) is 0 Å². The molecule has 0 radical (unpaired) electrons. The molecule has 138 valence electrons. The van der Waals surface area contributed by atoms with Gasteiger partial charge in [0.15, 0.2) is 0 Å². The van der Waals surface area contributed by atoms with Gasteiger partial charge in [0.2, 0.25) is 0 Å². The second-order valence-corrected chi connectivity index (χ2v) is 4.11. The fraction of sp³-hybridized carbons (Fsp3) is 0.571. The molecule has 0 aliphatic heterocycles. The molecule has 2 unspecified atom stereocenters. The van der Waals surface area contributed by atoms with Gasteiger partial charge in [-0.05, 0) is 20.8 Å². The Kier molecular flexibility index (Phi) is 25.7. The van der Waals surface area contributed by atoms with E-state index in [4.69, 9.17) is 35.7 Å². The van der Waals surface area contributed by atoms with Gasteiger partial charge in [0, 0.05) is 11.1 Å². The SMILES string of the molecule is C=C(C)C(=O)O.C=C(C)C(=O)O.CC(O)C(O)CO.OCCO. The highest BCUT2D eigenvalue weighted by molar-refractivity contribution is 5.85. The molecule has 0 bridgehead atoms. The van der Waals surface area contributed by atoms with Crippen LogP contribution in [-0.2, 0) is 9.59 Å². The van der Waals surface area contributed by atoms with E-state index in [0.717, 1.165) is 0 Å². The molecule has 0 aromatic rings. The molecular formula is C14H28O9. The van der Waals surface area contributed by atoms with Crippen molar-refractivity contribution in [3.05, 3.63) is 24.3 Å². The molecule has 0 heterocycles. The highest BCUT2D eigenvalue weighted by Crippen LogP contribution is 1.87. The predicted molar refractivity (Wildman–Crippen MR) is 83.8 cm³/mol. The van der Waals surface area contributed by atoms with Crippen molar-refractivity contribution in [2.24, 2.45) is 0 Å². The second-order valence-electron chi connectivity index (χ2n) is 4.11. The zero-order valence-electron chi connectivity index (χ0n) is 13.6. The Morgan fingerprint density at radius 1 is 0.870 bits per heavy atom. The van der Waals surface area contributed by atoms with Crippen LogP contribution < -0.4 is 0 Å². The molecular weight excluding hydrogens is 312 g/mol. The fourth-order valence-electron chi connectivity index (χ4n) is 0.153. The molecule has 0 saturated heterocycles. The Balaban J connectivity index is -0.000000107. The first kappa shape index (κ1) is 29.3. The third-order valence-electron chi connectivity index (χ3n) is 1.57. The standard InChI is InChI=1S/C4H10O3.2C4H6O2.C2H6O2/c1-3(6)4(7)2-5;2*1-3(2)4(5)6;3-1-2-4/h3-7H,2H2,1H3;2*1H2,2H3,(H,5,6);3-4H,1-2H2. The molecule has 0 spiro atoms. The van der Waals surface area contributed by atoms with E-state index in [0.29, 0.717) is 0 Å². The quantitative estimate of drug-likeness (QED) is 0.309. The minimum absolute atomic E-state index is 0.125. The lowest BCUT2D eigenvalue weighted by Crippen LogP contribution is -2.25. The second kappa shape index (κ2) is 20.2. The third kappa shape index (κ3) is 38.4. The van der Waals surface area contributed by atoms with E-state index in [1.807, 2.05) is 0 Å². The van der Waals surface area contributed by atoms with Gasteiger partial charge >= 0.3 is 11.9 Å². The average Bonchev–Trinajstić information content (AvgIpc) is 2.47. The van der Waals surface area contributed by atoms with Gasteiger partial charge in [0.25, 0.3) is 0 Å². The smallest absolute Gasteiger partial charge is 0.330 e. The van der Waals surface area contributed by atoms with E-state index >= 15 is 0 Å². The normalized spacial score (nSPS) is 11.0. The maximum Gasteiger partial charge on any atom is 0.330 e. The van der Waals surface area contributed by atoms with Gasteiger partial charge in [-0.15, -0.1) is 0 Å². The van der Waals surface area contributed by atoms with Crippen LogP contribution in [-0.4, -0.2) is 79.7 Å². The highest BCUT2D eigenvalue weighted by atomic mass is 16.4. The predicted octanol–water partition coefficient (Wildman–Crippen LogP) is -1.01. The first-order chi connectivity index (χ1) is 10.4. The summed E-state index contributed by atoms with van der Waals surface area (Å²) in [5.74, 6) is -1.87. The van der Waals surface area contributed by atoms with E-state index < -0.39 is 24.1 Å². The number of carbonyl (C=O) groups is 2. The highest BCUT2D eigenvalue weighted by Gasteiger charge is 2.06. The van der Waals surface area contributed by atoms with Crippen molar-refractivity contribution in [1.29, 1.82) is 0 Å². The Morgan fingerprint density at radius 2 is 1.09 bits per heavy atom. The molecule has 0 aliphatic carbocycles. The summed E-state index contributed by atoms with van der Waals surface area (Å²) >= 11 is 0. The van der Waals surface area contributed by atoms with Gasteiger partial charge in [-0.1, -0.05) is 13.2 Å². The van der Waals surface area contributed by atoms with Crippen LogP contribution in [0.1, 0.15) is 20.8 Å². The van der Waals surface area contributed by atoms with Crippen LogP contribution in [0.15, 0.2) is 24.3 Å². The Bertz CT molecular complexity index is 287. The van der Waals surface area contributed by atoms with Gasteiger partial charge in [-0.3, -0.25) is 0 Å². The van der Waals surface area contributed by atoms with Crippen LogP contribution in [0, 0.1) is 0 Å².